The lowest BCUT2D eigenvalue weighted by atomic mass is 10.0. The molecule has 82 valence electrons. The Morgan fingerprint density at radius 1 is 0.857 bits per heavy atom. The molecule has 0 amide bonds. The first-order valence-electron chi connectivity index (χ1n) is 5.83. The van der Waals surface area contributed by atoms with Gasteiger partial charge in [0, 0.05) is 10.5 Å². The summed E-state index contributed by atoms with van der Waals surface area (Å²) >= 11 is 9.15. The van der Waals surface area contributed by atoms with Crippen LogP contribution < -0.4 is 0 Å². The Labute approximate surface area is 99.4 Å². The van der Waals surface area contributed by atoms with Crippen LogP contribution in [0.15, 0.2) is 12.2 Å². The first-order valence-corrected chi connectivity index (χ1v) is 6.87. The highest BCUT2D eigenvalue weighted by atomic mass is 32.1. The number of allylic oxidation sites excluding steroid dienone is 1. The van der Waals surface area contributed by atoms with Gasteiger partial charge in [-0.25, -0.2) is 0 Å². The van der Waals surface area contributed by atoms with E-state index in [9.17, 15) is 0 Å². The Morgan fingerprint density at radius 3 is 2.29 bits per heavy atom. The molecule has 2 heteroatoms. The van der Waals surface area contributed by atoms with Gasteiger partial charge in [0.25, 0.3) is 0 Å². The fourth-order valence-corrected chi connectivity index (χ4v) is 2.41. The molecule has 2 unspecified atom stereocenters. The zero-order chi connectivity index (χ0) is 10.2. The molecule has 0 aromatic carbocycles. The molecule has 0 nitrogen and oxygen atoms in total. The van der Waals surface area contributed by atoms with Crippen LogP contribution in [-0.4, -0.2) is 10.5 Å². The summed E-state index contributed by atoms with van der Waals surface area (Å²) in [4.78, 5) is 0. The molecule has 0 N–H and O–H groups in total. The maximum atomic E-state index is 4.59. The number of hydrogen-bond acceptors (Lipinski definition) is 2. The lowest BCUT2D eigenvalue weighted by Gasteiger charge is -2.15. The molecule has 2 atom stereocenters. The van der Waals surface area contributed by atoms with Crippen molar-refractivity contribution in [3.63, 3.8) is 0 Å². The van der Waals surface area contributed by atoms with Gasteiger partial charge in [0.1, 0.15) is 0 Å². The molecule has 0 saturated carbocycles. The van der Waals surface area contributed by atoms with Crippen molar-refractivity contribution in [3.8, 4) is 0 Å². The summed E-state index contributed by atoms with van der Waals surface area (Å²) in [7, 11) is 0. The van der Waals surface area contributed by atoms with Crippen molar-refractivity contribution in [2.45, 2.75) is 61.9 Å². The number of rotatable bonds is 0. The van der Waals surface area contributed by atoms with Gasteiger partial charge in [-0.05, 0) is 19.3 Å². The normalized spacial score (nSPS) is 31.9. The molecule has 0 saturated heterocycles. The Morgan fingerprint density at radius 2 is 1.50 bits per heavy atom. The van der Waals surface area contributed by atoms with Gasteiger partial charge in [-0.1, -0.05) is 44.3 Å². The van der Waals surface area contributed by atoms with E-state index in [1.165, 1.54) is 51.4 Å². The van der Waals surface area contributed by atoms with Crippen molar-refractivity contribution >= 4 is 25.3 Å². The van der Waals surface area contributed by atoms with Crippen LogP contribution in [0.25, 0.3) is 0 Å². The first-order chi connectivity index (χ1) is 6.80. The minimum Gasteiger partial charge on any atom is -0.174 e. The van der Waals surface area contributed by atoms with E-state index >= 15 is 0 Å². The Hall–Kier alpha value is 0.440. The predicted octanol–water partition coefficient (Wildman–Crippen LogP) is 4.27. The van der Waals surface area contributed by atoms with Crippen LogP contribution in [0.2, 0.25) is 0 Å². The molecule has 0 aliphatic heterocycles. The van der Waals surface area contributed by atoms with Crippen molar-refractivity contribution in [3.05, 3.63) is 12.2 Å². The average molecular weight is 230 g/mol. The van der Waals surface area contributed by atoms with Crippen molar-refractivity contribution < 1.29 is 0 Å². The van der Waals surface area contributed by atoms with Crippen LogP contribution in [-0.2, 0) is 0 Å². The van der Waals surface area contributed by atoms with Gasteiger partial charge >= 0.3 is 0 Å². The Bertz CT molecular complexity index is 166. The standard InChI is InChI=1S/C12H22S2/c13-11-9-7-5-3-1-2-4-6-8-10-12(11)14/h7,9,11-14H,1-6,8,10H2. The maximum Gasteiger partial charge on any atom is 0.0313 e. The Balaban J connectivity index is 2.35. The van der Waals surface area contributed by atoms with Gasteiger partial charge < -0.3 is 0 Å². The summed E-state index contributed by atoms with van der Waals surface area (Å²) in [6.45, 7) is 0. The maximum absolute atomic E-state index is 4.59. The SMILES string of the molecule is SC1C=CCCCCCCCCC1S. The van der Waals surface area contributed by atoms with Crippen LogP contribution in [0, 0.1) is 0 Å². The summed E-state index contributed by atoms with van der Waals surface area (Å²) in [6, 6.07) is 0. The first kappa shape index (κ1) is 12.5. The topological polar surface area (TPSA) is 0 Å². The van der Waals surface area contributed by atoms with Gasteiger partial charge in [-0.15, -0.1) is 0 Å². The van der Waals surface area contributed by atoms with Gasteiger partial charge in [-0.2, -0.15) is 25.3 Å². The fraction of sp³-hybridized carbons (Fsp3) is 0.833. The minimum absolute atomic E-state index is 0.345. The molecule has 0 fully saturated rings. The third kappa shape index (κ3) is 5.35. The summed E-state index contributed by atoms with van der Waals surface area (Å²) in [5, 5.41) is 0.784. The minimum atomic E-state index is 0.345. The Kier molecular flexibility index (Phi) is 6.88. The molecule has 14 heavy (non-hydrogen) atoms. The van der Waals surface area contributed by atoms with Crippen LogP contribution in [0.5, 0.6) is 0 Å². The molecular weight excluding hydrogens is 208 g/mol. The average Bonchev–Trinajstić information content (AvgIpc) is 2.18. The lowest BCUT2D eigenvalue weighted by molar-refractivity contribution is 0.573. The molecule has 0 bridgehead atoms. The summed E-state index contributed by atoms with van der Waals surface area (Å²) in [5.41, 5.74) is 0. The van der Waals surface area contributed by atoms with E-state index in [1.54, 1.807) is 0 Å². The summed E-state index contributed by atoms with van der Waals surface area (Å²) < 4.78 is 0. The quantitative estimate of drug-likeness (QED) is 0.450. The molecule has 1 aliphatic carbocycles. The van der Waals surface area contributed by atoms with Crippen molar-refractivity contribution in [2.75, 3.05) is 0 Å². The van der Waals surface area contributed by atoms with Gasteiger partial charge in [-0.3, -0.25) is 0 Å². The van der Waals surface area contributed by atoms with Crippen LogP contribution in [0.1, 0.15) is 51.4 Å². The highest BCUT2D eigenvalue weighted by Crippen LogP contribution is 2.20. The third-order valence-electron chi connectivity index (χ3n) is 2.85. The second-order valence-electron chi connectivity index (χ2n) is 4.18. The zero-order valence-corrected chi connectivity index (χ0v) is 10.6. The third-order valence-corrected chi connectivity index (χ3v) is 4.19. The molecule has 0 radical (unpaired) electrons. The van der Waals surface area contributed by atoms with Crippen molar-refractivity contribution in [1.82, 2.24) is 0 Å². The predicted molar refractivity (Wildman–Crippen MR) is 71.6 cm³/mol. The van der Waals surface area contributed by atoms with Crippen LogP contribution >= 0.6 is 25.3 Å². The van der Waals surface area contributed by atoms with Crippen LogP contribution in [0.4, 0.5) is 0 Å². The smallest absolute Gasteiger partial charge is 0.0313 e. The second-order valence-corrected chi connectivity index (χ2v) is 5.44. The van der Waals surface area contributed by atoms with Crippen molar-refractivity contribution in [2.24, 2.45) is 0 Å². The van der Waals surface area contributed by atoms with Gasteiger partial charge in [0.05, 0.1) is 0 Å². The molecule has 0 spiro atoms. The van der Waals surface area contributed by atoms with E-state index in [-0.39, 0.29) is 0 Å². The molecule has 1 rings (SSSR count). The van der Waals surface area contributed by atoms with E-state index < -0.39 is 0 Å². The lowest BCUT2D eigenvalue weighted by Crippen LogP contribution is -2.12. The van der Waals surface area contributed by atoms with E-state index in [2.05, 4.69) is 37.4 Å². The summed E-state index contributed by atoms with van der Waals surface area (Å²) in [5.74, 6) is 0. The van der Waals surface area contributed by atoms with Gasteiger partial charge in [0.2, 0.25) is 0 Å². The van der Waals surface area contributed by atoms with E-state index in [4.69, 9.17) is 0 Å². The molecular formula is C12H22S2. The molecule has 0 aromatic heterocycles. The summed E-state index contributed by atoms with van der Waals surface area (Å²) in [6.07, 6.45) is 15.2. The fourth-order valence-electron chi connectivity index (χ4n) is 1.86. The second kappa shape index (κ2) is 7.70. The molecule has 0 heterocycles. The van der Waals surface area contributed by atoms with Gasteiger partial charge in [0.15, 0.2) is 0 Å². The number of hydrogen-bond donors (Lipinski definition) is 2. The van der Waals surface area contributed by atoms with E-state index in [1.807, 2.05) is 0 Å². The molecule has 0 aromatic rings. The van der Waals surface area contributed by atoms with Crippen LogP contribution in [0.3, 0.4) is 0 Å². The van der Waals surface area contributed by atoms with E-state index in [0.29, 0.717) is 10.5 Å². The van der Waals surface area contributed by atoms with E-state index in [0.717, 1.165) is 0 Å². The zero-order valence-electron chi connectivity index (χ0n) is 8.86. The molecule has 1 aliphatic rings. The monoisotopic (exact) mass is 230 g/mol. The highest BCUT2D eigenvalue weighted by Gasteiger charge is 2.10. The highest BCUT2D eigenvalue weighted by molar-refractivity contribution is 7.85. The van der Waals surface area contributed by atoms with Crippen molar-refractivity contribution in [1.29, 1.82) is 0 Å². The number of thiol groups is 2. The largest absolute Gasteiger partial charge is 0.174 e.